The van der Waals surface area contributed by atoms with Gasteiger partial charge in [-0.15, -0.1) is 0 Å². The van der Waals surface area contributed by atoms with Crippen molar-refractivity contribution in [3.8, 4) is 11.8 Å². The van der Waals surface area contributed by atoms with Gasteiger partial charge >= 0.3 is 12.1 Å². The van der Waals surface area contributed by atoms with Crippen LogP contribution in [0.3, 0.4) is 0 Å². The van der Waals surface area contributed by atoms with Gasteiger partial charge in [-0.3, -0.25) is 0 Å². The molecule has 6 heteroatoms. The summed E-state index contributed by atoms with van der Waals surface area (Å²) in [5.74, 6) is 3.42. The Balaban J connectivity index is 3.27. The second kappa shape index (κ2) is 5.56. The zero-order valence-electron chi connectivity index (χ0n) is 9.21. The fraction of sp³-hybridized carbons (Fsp3) is 0.250. The molecule has 96 valence electrons. The summed E-state index contributed by atoms with van der Waals surface area (Å²) in [4.78, 5) is 10.6. The first kappa shape index (κ1) is 14.1. The van der Waals surface area contributed by atoms with Crippen molar-refractivity contribution in [2.45, 2.75) is 12.6 Å². The van der Waals surface area contributed by atoms with Crippen LogP contribution in [-0.2, 0) is 6.18 Å². The topological polar surface area (TPSA) is 63.3 Å². The molecule has 0 heterocycles. The largest absolute Gasteiger partial charge is 0.478 e. The van der Waals surface area contributed by atoms with Crippen molar-refractivity contribution < 1.29 is 23.1 Å². The van der Waals surface area contributed by atoms with Gasteiger partial charge in [-0.05, 0) is 18.2 Å². The SMILES string of the molecule is NCCC#Cc1ccc(C(=O)O)cc1C(F)(F)F. The summed E-state index contributed by atoms with van der Waals surface area (Å²) < 4.78 is 38.1. The molecule has 18 heavy (non-hydrogen) atoms. The van der Waals surface area contributed by atoms with Gasteiger partial charge in [-0.1, -0.05) is 11.8 Å². The van der Waals surface area contributed by atoms with E-state index in [0.717, 1.165) is 12.1 Å². The predicted molar refractivity (Wildman–Crippen MR) is 59.0 cm³/mol. The number of hydrogen-bond acceptors (Lipinski definition) is 2. The minimum atomic E-state index is -4.64. The number of carboxylic acid groups (broad SMARTS) is 1. The lowest BCUT2D eigenvalue weighted by molar-refractivity contribution is -0.137. The number of nitrogens with two attached hydrogens (primary N) is 1. The van der Waals surface area contributed by atoms with E-state index in [1.54, 1.807) is 0 Å². The fourth-order valence-corrected chi connectivity index (χ4v) is 1.25. The molecular weight excluding hydrogens is 247 g/mol. The van der Waals surface area contributed by atoms with Crippen LogP contribution in [0.25, 0.3) is 0 Å². The number of hydrogen-bond donors (Lipinski definition) is 2. The molecule has 0 saturated heterocycles. The summed E-state index contributed by atoms with van der Waals surface area (Å²) in [6, 6.07) is 2.72. The molecular formula is C12H10F3NO2. The third-order valence-corrected chi connectivity index (χ3v) is 2.06. The minimum Gasteiger partial charge on any atom is -0.478 e. The summed E-state index contributed by atoms with van der Waals surface area (Å²) >= 11 is 0. The predicted octanol–water partition coefficient (Wildman–Crippen LogP) is 2.10. The standard InChI is InChI=1S/C12H10F3NO2/c13-12(14,15)10-7-9(11(17)18)5-4-8(10)3-1-2-6-16/h4-5,7H,2,6,16H2,(H,17,18). The number of alkyl halides is 3. The molecule has 3 nitrogen and oxygen atoms in total. The van der Waals surface area contributed by atoms with Crippen LogP contribution in [-0.4, -0.2) is 17.6 Å². The first-order chi connectivity index (χ1) is 8.36. The molecule has 0 aliphatic heterocycles. The van der Waals surface area contributed by atoms with Gasteiger partial charge in [0.25, 0.3) is 0 Å². The number of rotatable bonds is 2. The van der Waals surface area contributed by atoms with E-state index < -0.39 is 23.3 Å². The average Bonchev–Trinajstić information content (AvgIpc) is 2.28. The number of carbonyl (C=O) groups is 1. The van der Waals surface area contributed by atoms with Gasteiger partial charge in [0.2, 0.25) is 0 Å². The van der Waals surface area contributed by atoms with Crippen molar-refractivity contribution >= 4 is 5.97 Å². The van der Waals surface area contributed by atoms with E-state index in [1.807, 2.05) is 0 Å². The van der Waals surface area contributed by atoms with Crippen molar-refractivity contribution in [3.63, 3.8) is 0 Å². The normalized spacial score (nSPS) is 10.7. The van der Waals surface area contributed by atoms with Crippen molar-refractivity contribution in [1.29, 1.82) is 0 Å². The van der Waals surface area contributed by atoms with E-state index in [4.69, 9.17) is 10.8 Å². The molecule has 1 aromatic rings. The van der Waals surface area contributed by atoms with Crippen LogP contribution in [0.4, 0.5) is 13.2 Å². The van der Waals surface area contributed by atoms with Gasteiger partial charge in [0, 0.05) is 18.5 Å². The lowest BCUT2D eigenvalue weighted by Gasteiger charge is -2.09. The maximum absolute atomic E-state index is 12.7. The second-order valence-electron chi connectivity index (χ2n) is 3.40. The Hall–Kier alpha value is -2.00. The molecule has 0 bridgehead atoms. The van der Waals surface area contributed by atoms with Crippen LogP contribution in [0.1, 0.15) is 27.9 Å². The molecule has 0 unspecified atom stereocenters. The highest BCUT2D eigenvalue weighted by Crippen LogP contribution is 2.32. The Labute approximate surface area is 101 Å². The van der Waals surface area contributed by atoms with Gasteiger partial charge in [-0.2, -0.15) is 13.2 Å². The summed E-state index contributed by atoms with van der Waals surface area (Å²) in [6.45, 7) is 0.252. The lowest BCUT2D eigenvalue weighted by Crippen LogP contribution is -2.10. The lowest BCUT2D eigenvalue weighted by atomic mass is 10.0. The van der Waals surface area contributed by atoms with Crippen LogP contribution in [0.5, 0.6) is 0 Å². The average molecular weight is 257 g/mol. The van der Waals surface area contributed by atoms with Gasteiger partial charge in [-0.25, -0.2) is 4.79 Å². The molecule has 0 aliphatic carbocycles. The Morgan fingerprint density at radius 2 is 2.06 bits per heavy atom. The van der Waals surface area contributed by atoms with Crippen LogP contribution in [0.15, 0.2) is 18.2 Å². The summed E-state index contributed by atoms with van der Waals surface area (Å²) in [6.07, 6.45) is -4.36. The number of benzene rings is 1. The molecule has 0 atom stereocenters. The second-order valence-corrected chi connectivity index (χ2v) is 3.40. The minimum absolute atomic E-state index is 0.249. The monoisotopic (exact) mass is 257 g/mol. The first-order valence-electron chi connectivity index (χ1n) is 4.99. The Morgan fingerprint density at radius 1 is 1.39 bits per heavy atom. The molecule has 1 aromatic carbocycles. The molecule has 0 spiro atoms. The van der Waals surface area contributed by atoms with Gasteiger partial charge in [0.15, 0.2) is 0 Å². The highest BCUT2D eigenvalue weighted by molar-refractivity contribution is 5.88. The van der Waals surface area contributed by atoms with Crippen molar-refractivity contribution in [2.24, 2.45) is 5.73 Å². The molecule has 0 amide bonds. The molecule has 0 saturated carbocycles. The quantitative estimate of drug-likeness (QED) is 0.797. The molecule has 1 rings (SSSR count). The van der Waals surface area contributed by atoms with Crippen LogP contribution < -0.4 is 5.73 Å². The summed E-state index contributed by atoms with van der Waals surface area (Å²) in [7, 11) is 0. The van der Waals surface area contributed by atoms with Gasteiger partial charge < -0.3 is 10.8 Å². The maximum atomic E-state index is 12.7. The van der Waals surface area contributed by atoms with Crippen molar-refractivity contribution in [3.05, 3.63) is 34.9 Å². The molecule has 3 N–H and O–H groups in total. The molecule has 0 aromatic heterocycles. The number of aromatic carboxylic acids is 1. The molecule has 0 radical (unpaired) electrons. The zero-order chi connectivity index (χ0) is 13.8. The third kappa shape index (κ3) is 3.50. The molecule has 0 aliphatic rings. The number of halogens is 3. The van der Waals surface area contributed by atoms with E-state index in [2.05, 4.69) is 11.8 Å². The van der Waals surface area contributed by atoms with Crippen LogP contribution in [0, 0.1) is 11.8 Å². The fourth-order valence-electron chi connectivity index (χ4n) is 1.25. The Kier molecular flexibility index (Phi) is 4.34. The Morgan fingerprint density at radius 3 is 2.56 bits per heavy atom. The van der Waals surface area contributed by atoms with Crippen molar-refractivity contribution in [2.75, 3.05) is 6.54 Å². The van der Waals surface area contributed by atoms with E-state index in [-0.39, 0.29) is 18.5 Å². The first-order valence-corrected chi connectivity index (χ1v) is 4.99. The molecule has 0 fully saturated rings. The van der Waals surface area contributed by atoms with Gasteiger partial charge in [0.1, 0.15) is 0 Å². The van der Waals surface area contributed by atoms with Crippen LogP contribution in [0.2, 0.25) is 0 Å². The maximum Gasteiger partial charge on any atom is 0.417 e. The van der Waals surface area contributed by atoms with Crippen LogP contribution >= 0.6 is 0 Å². The third-order valence-electron chi connectivity index (χ3n) is 2.06. The highest BCUT2D eigenvalue weighted by Gasteiger charge is 2.33. The summed E-state index contributed by atoms with van der Waals surface area (Å²) in [5.41, 5.74) is 3.46. The Bertz CT molecular complexity index is 512. The summed E-state index contributed by atoms with van der Waals surface area (Å²) in [5, 5.41) is 8.66. The smallest absolute Gasteiger partial charge is 0.417 e. The zero-order valence-corrected chi connectivity index (χ0v) is 9.21. The number of carboxylic acids is 1. The van der Waals surface area contributed by atoms with Gasteiger partial charge in [0.05, 0.1) is 11.1 Å². The van der Waals surface area contributed by atoms with E-state index >= 15 is 0 Å². The van der Waals surface area contributed by atoms with E-state index in [9.17, 15) is 18.0 Å². The van der Waals surface area contributed by atoms with E-state index in [1.165, 1.54) is 0 Å². The highest BCUT2D eigenvalue weighted by atomic mass is 19.4. The van der Waals surface area contributed by atoms with E-state index in [0.29, 0.717) is 6.07 Å². The van der Waals surface area contributed by atoms with Crippen molar-refractivity contribution in [1.82, 2.24) is 0 Å².